The Bertz CT molecular complexity index is 859. The molecule has 1 saturated carbocycles. The smallest absolute Gasteiger partial charge is 0.307 e. The number of carbonyl (C=O) groups is 1. The summed E-state index contributed by atoms with van der Waals surface area (Å²) in [4.78, 5) is 15.3. The quantitative estimate of drug-likeness (QED) is 0.783. The Balaban J connectivity index is 1.51. The van der Waals surface area contributed by atoms with E-state index in [2.05, 4.69) is 4.98 Å². The lowest BCUT2D eigenvalue weighted by Crippen LogP contribution is -1.97. The van der Waals surface area contributed by atoms with Crippen LogP contribution < -0.4 is 0 Å². The molecule has 1 aliphatic rings. The van der Waals surface area contributed by atoms with Gasteiger partial charge >= 0.3 is 5.97 Å². The largest absolute Gasteiger partial charge is 0.481 e. The van der Waals surface area contributed by atoms with Gasteiger partial charge in [0, 0.05) is 5.56 Å². The highest BCUT2D eigenvalue weighted by Crippen LogP contribution is 2.40. The minimum Gasteiger partial charge on any atom is -0.481 e. The van der Waals surface area contributed by atoms with Gasteiger partial charge < -0.3 is 9.52 Å². The predicted octanol–water partition coefficient (Wildman–Crippen LogP) is 4.23. The Labute approximate surface area is 133 Å². The second-order valence-electron chi connectivity index (χ2n) is 5.81. The molecule has 2 atom stereocenters. The molecule has 3 aromatic rings. The SMILES string of the molecule is O=C(O)[C@@H]1C[C@@H]1C=Cc1ccc(-c2nc3ccccc3o2)cc1. The van der Waals surface area contributed by atoms with Crippen molar-refractivity contribution >= 4 is 23.1 Å². The van der Waals surface area contributed by atoms with Crippen LogP contribution in [0.25, 0.3) is 28.6 Å². The first-order chi connectivity index (χ1) is 11.2. The van der Waals surface area contributed by atoms with Crippen molar-refractivity contribution < 1.29 is 14.3 Å². The Hall–Kier alpha value is -2.88. The number of nitrogens with zero attached hydrogens (tertiary/aromatic N) is 1. The Morgan fingerprint density at radius 2 is 1.96 bits per heavy atom. The van der Waals surface area contributed by atoms with E-state index in [1.807, 2.05) is 60.7 Å². The van der Waals surface area contributed by atoms with Crippen molar-refractivity contribution in [2.75, 3.05) is 0 Å². The molecule has 114 valence electrons. The minimum absolute atomic E-state index is 0.171. The van der Waals surface area contributed by atoms with Gasteiger partial charge in [-0.25, -0.2) is 4.98 Å². The molecule has 1 aliphatic carbocycles. The monoisotopic (exact) mass is 305 g/mol. The van der Waals surface area contributed by atoms with Gasteiger partial charge in [0.15, 0.2) is 5.58 Å². The number of carboxylic acids is 1. The molecule has 23 heavy (non-hydrogen) atoms. The predicted molar refractivity (Wildman–Crippen MR) is 87.7 cm³/mol. The van der Waals surface area contributed by atoms with E-state index in [1.54, 1.807) is 0 Å². The van der Waals surface area contributed by atoms with Gasteiger partial charge in [0.05, 0.1) is 5.92 Å². The lowest BCUT2D eigenvalue weighted by Gasteiger charge is -1.97. The van der Waals surface area contributed by atoms with E-state index < -0.39 is 5.97 Å². The van der Waals surface area contributed by atoms with Gasteiger partial charge in [-0.3, -0.25) is 4.79 Å². The summed E-state index contributed by atoms with van der Waals surface area (Å²) < 4.78 is 5.75. The van der Waals surface area contributed by atoms with E-state index in [1.165, 1.54) is 0 Å². The Kier molecular flexibility index (Phi) is 3.23. The van der Waals surface area contributed by atoms with Crippen LogP contribution in [0.5, 0.6) is 0 Å². The average molecular weight is 305 g/mol. The summed E-state index contributed by atoms with van der Waals surface area (Å²) >= 11 is 0. The van der Waals surface area contributed by atoms with Crippen LogP contribution in [0.2, 0.25) is 0 Å². The highest BCUT2D eigenvalue weighted by Gasteiger charge is 2.40. The topological polar surface area (TPSA) is 63.3 Å². The van der Waals surface area contributed by atoms with Gasteiger partial charge in [-0.15, -0.1) is 0 Å². The van der Waals surface area contributed by atoms with Gasteiger partial charge in [-0.2, -0.15) is 0 Å². The zero-order valence-electron chi connectivity index (χ0n) is 12.3. The van der Waals surface area contributed by atoms with Gasteiger partial charge in [0.25, 0.3) is 0 Å². The first-order valence-corrected chi connectivity index (χ1v) is 7.58. The summed E-state index contributed by atoms with van der Waals surface area (Å²) in [6.07, 6.45) is 4.70. The molecule has 1 fully saturated rings. The molecule has 0 amide bonds. The van der Waals surface area contributed by atoms with Crippen molar-refractivity contribution in [1.82, 2.24) is 4.98 Å². The molecule has 4 rings (SSSR count). The van der Waals surface area contributed by atoms with Gasteiger partial charge in [-0.05, 0) is 42.2 Å². The minimum atomic E-state index is -0.703. The van der Waals surface area contributed by atoms with Crippen LogP contribution in [0.15, 0.2) is 59.0 Å². The summed E-state index contributed by atoms with van der Waals surface area (Å²) in [6, 6.07) is 15.6. The van der Waals surface area contributed by atoms with Crippen LogP contribution >= 0.6 is 0 Å². The molecular formula is C19H15NO3. The van der Waals surface area contributed by atoms with Crippen molar-refractivity contribution in [2.24, 2.45) is 11.8 Å². The molecule has 0 saturated heterocycles. The second-order valence-corrected chi connectivity index (χ2v) is 5.81. The third kappa shape index (κ3) is 2.75. The number of rotatable bonds is 4. The zero-order chi connectivity index (χ0) is 15.8. The Morgan fingerprint density at radius 1 is 1.17 bits per heavy atom. The summed E-state index contributed by atoms with van der Waals surface area (Å²) in [5.74, 6) is -0.129. The molecule has 4 heteroatoms. The summed E-state index contributed by atoms with van der Waals surface area (Å²) in [5, 5.41) is 8.89. The first-order valence-electron chi connectivity index (χ1n) is 7.58. The van der Waals surface area contributed by atoms with E-state index in [9.17, 15) is 4.79 Å². The summed E-state index contributed by atoms with van der Waals surface area (Å²) in [7, 11) is 0. The van der Waals surface area contributed by atoms with E-state index in [-0.39, 0.29) is 11.8 Å². The number of oxazole rings is 1. The number of aliphatic carboxylic acids is 1. The van der Waals surface area contributed by atoms with Crippen molar-refractivity contribution in [2.45, 2.75) is 6.42 Å². The number of allylic oxidation sites excluding steroid dienone is 1. The summed E-state index contributed by atoms with van der Waals surface area (Å²) in [6.45, 7) is 0. The Morgan fingerprint density at radius 3 is 2.65 bits per heavy atom. The molecule has 0 spiro atoms. The molecule has 0 unspecified atom stereocenters. The number of fused-ring (bicyclic) bond motifs is 1. The first kappa shape index (κ1) is 13.8. The number of para-hydroxylation sites is 2. The van der Waals surface area contributed by atoms with E-state index in [0.29, 0.717) is 5.89 Å². The number of carboxylic acid groups (broad SMARTS) is 1. The lowest BCUT2D eigenvalue weighted by molar-refractivity contribution is -0.138. The molecule has 0 bridgehead atoms. The standard InChI is InChI=1S/C19H15NO3/c21-19(22)15-11-14(15)10-7-12-5-8-13(9-6-12)18-20-16-3-1-2-4-17(16)23-18/h1-10,14-15H,11H2,(H,21,22)/t14-,15+/m0/s1. The van der Waals surface area contributed by atoms with Crippen molar-refractivity contribution in [3.8, 4) is 11.5 Å². The maximum absolute atomic E-state index is 10.8. The van der Waals surface area contributed by atoms with Gasteiger partial charge in [0.2, 0.25) is 5.89 Å². The van der Waals surface area contributed by atoms with Crippen molar-refractivity contribution in [3.05, 3.63) is 60.2 Å². The zero-order valence-corrected chi connectivity index (χ0v) is 12.3. The molecule has 0 aliphatic heterocycles. The molecular weight excluding hydrogens is 290 g/mol. The number of aromatic nitrogens is 1. The number of hydrogen-bond acceptors (Lipinski definition) is 3. The fourth-order valence-corrected chi connectivity index (χ4v) is 2.68. The highest BCUT2D eigenvalue weighted by atomic mass is 16.4. The van der Waals surface area contributed by atoms with Crippen LogP contribution in [-0.2, 0) is 4.79 Å². The van der Waals surface area contributed by atoms with E-state index in [0.717, 1.165) is 28.6 Å². The fraction of sp³-hybridized carbons (Fsp3) is 0.158. The lowest BCUT2D eigenvalue weighted by atomic mass is 10.1. The number of hydrogen-bond donors (Lipinski definition) is 1. The van der Waals surface area contributed by atoms with Crippen molar-refractivity contribution in [1.29, 1.82) is 0 Å². The summed E-state index contributed by atoms with van der Waals surface area (Å²) in [5.41, 5.74) is 3.59. The van der Waals surface area contributed by atoms with Gasteiger partial charge in [-0.1, -0.05) is 36.4 Å². The number of benzene rings is 2. The normalized spacial score (nSPS) is 20.2. The third-order valence-corrected chi connectivity index (χ3v) is 4.14. The molecule has 1 N–H and O–H groups in total. The fourth-order valence-electron chi connectivity index (χ4n) is 2.68. The van der Waals surface area contributed by atoms with Gasteiger partial charge in [0.1, 0.15) is 5.52 Å². The van der Waals surface area contributed by atoms with E-state index in [4.69, 9.17) is 9.52 Å². The maximum Gasteiger partial charge on any atom is 0.307 e. The average Bonchev–Trinajstić information content (AvgIpc) is 3.23. The molecule has 1 heterocycles. The van der Waals surface area contributed by atoms with Crippen LogP contribution in [0, 0.1) is 11.8 Å². The third-order valence-electron chi connectivity index (χ3n) is 4.14. The van der Waals surface area contributed by atoms with E-state index >= 15 is 0 Å². The van der Waals surface area contributed by atoms with Crippen molar-refractivity contribution in [3.63, 3.8) is 0 Å². The highest BCUT2D eigenvalue weighted by molar-refractivity contribution is 5.76. The maximum atomic E-state index is 10.8. The molecule has 1 aromatic heterocycles. The molecule has 2 aromatic carbocycles. The van der Waals surface area contributed by atoms with Crippen LogP contribution in [0.3, 0.4) is 0 Å². The van der Waals surface area contributed by atoms with Crippen LogP contribution in [0.4, 0.5) is 0 Å². The molecule has 4 nitrogen and oxygen atoms in total. The van der Waals surface area contributed by atoms with Crippen LogP contribution in [-0.4, -0.2) is 16.1 Å². The molecule has 0 radical (unpaired) electrons. The second kappa shape index (κ2) is 5.39. The van der Waals surface area contributed by atoms with Crippen LogP contribution in [0.1, 0.15) is 12.0 Å².